The van der Waals surface area contributed by atoms with Gasteiger partial charge in [0.25, 0.3) is 0 Å². The van der Waals surface area contributed by atoms with Crippen molar-refractivity contribution in [1.29, 1.82) is 0 Å². The third-order valence-electron chi connectivity index (χ3n) is 8.35. The Morgan fingerprint density at radius 1 is 0.968 bits per heavy atom. The molecule has 0 saturated heterocycles. The molecule has 0 N–H and O–H groups in total. The van der Waals surface area contributed by atoms with Gasteiger partial charge in [-0.1, -0.05) is 0 Å². The van der Waals surface area contributed by atoms with Crippen molar-refractivity contribution in [2.24, 2.45) is 11.8 Å². The second-order valence-corrected chi connectivity index (χ2v) is 30.2. The molecular weight excluding hydrogens is 507 g/mol. The molecule has 0 radical (unpaired) electrons. The SMILES string of the molecule is CCC[CH2][Sn]([CH2]CCC)([CH2]CCC)[CH]1CC2CCCCC2(O[Si](C)(C)C)C1C(=O)OC. The Hall–Kier alpha value is 0.446. The fourth-order valence-electron chi connectivity index (χ4n) is 7.13. The minimum absolute atomic E-state index is 0.0101. The van der Waals surface area contributed by atoms with E-state index in [0.29, 0.717) is 9.85 Å². The standard InChI is InChI=1S/C14H25O3Si.3C4H9.Sn/c1-16-13(15)12-9-8-11-7-5-6-10-14(11,12)17-18(2,3)4;3*1-3-4-2;/h9,11-12H,5-8,10H2,1-4H3;3*1,3-4H2,2H3;. The zero-order valence-electron chi connectivity index (χ0n) is 21.9. The molecule has 0 bridgehead atoms. The summed E-state index contributed by atoms with van der Waals surface area (Å²) >= 11 is -2.62. The zero-order valence-corrected chi connectivity index (χ0v) is 25.7. The van der Waals surface area contributed by atoms with E-state index in [-0.39, 0.29) is 17.5 Å². The van der Waals surface area contributed by atoms with Gasteiger partial charge in [-0.2, -0.15) is 0 Å². The number of hydrogen-bond donors (Lipinski definition) is 0. The van der Waals surface area contributed by atoms with Crippen LogP contribution < -0.4 is 0 Å². The molecule has 0 amide bonds. The van der Waals surface area contributed by atoms with Gasteiger partial charge in [0.2, 0.25) is 0 Å². The van der Waals surface area contributed by atoms with Crippen LogP contribution in [0.15, 0.2) is 0 Å². The first-order valence-corrected chi connectivity index (χ1v) is 24.6. The molecule has 4 unspecified atom stereocenters. The van der Waals surface area contributed by atoms with Crippen LogP contribution in [0, 0.1) is 11.8 Å². The van der Waals surface area contributed by atoms with E-state index in [9.17, 15) is 4.79 Å². The topological polar surface area (TPSA) is 35.5 Å². The molecule has 3 nitrogen and oxygen atoms in total. The molecule has 0 aliphatic heterocycles. The van der Waals surface area contributed by atoms with E-state index in [1.807, 2.05) is 0 Å². The summed E-state index contributed by atoms with van der Waals surface area (Å²) in [5.41, 5.74) is -0.229. The Morgan fingerprint density at radius 3 is 1.97 bits per heavy atom. The second-order valence-electron chi connectivity index (χ2n) is 11.6. The second kappa shape index (κ2) is 12.2. The first-order chi connectivity index (χ1) is 14.7. The van der Waals surface area contributed by atoms with Gasteiger partial charge < -0.3 is 0 Å². The summed E-state index contributed by atoms with van der Waals surface area (Å²) in [5.74, 6) is 0.650. The first-order valence-electron chi connectivity index (χ1n) is 13.5. The number of esters is 1. The normalized spacial score (nSPS) is 29.1. The van der Waals surface area contributed by atoms with E-state index >= 15 is 0 Å². The number of ether oxygens (including phenoxy) is 1. The van der Waals surface area contributed by atoms with E-state index in [1.54, 1.807) is 7.11 Å². The molecule has 2 aliphatic rings. The number of carbonyl (C=O) groups excluding carboxylic acids is 1. The third kappa shape index (κ3) is 6.52. The van der Waals surface area contributed by atoms with Crippen molar-refractivity contribution in [1.82, 2.24) is 0 Å². The van der Waals surface area contributed by atoms with Crippen LogP contribution in [0.1, 0.15) is 91.4 Å². The molecule has 0 spiro atoms. The molecule has 182 valence electrons. The molecule has 5 heteroatoms. The maximum atomic E-state index is 13.6. The van der Waals surface area contributed by atoms with Crippen molar-refractivity contribution in [2.75, 3.05) is 7.11 Å². The first kappa shape index (κ1) is 27.7. The van der Waals surface area contributed by atoms with Crippen LogP contribution in [0.2, 0.25) is 36.9 Å². The van der Waals surface area contributed by atoms with Crippen molar-refractivity contribution in [3.8, 4) is 0 Å². The minimum atomic E-state index is -2.62. The fourth-order valence-corrected chi connectivity index (χ4v) is 28.5. The quantitative estimate of drug-likeness (QED) is 0.169. The van der Waals surface area contributed by atoms with Crippen molar-refractivity contribution in [2.45, 2.75) is 134 Å². The van der Waals surface area contributed by atoms with Gasteiger partial charge in [0.15, 0.2) is 0 Å². The van der Waals surface area contributed by atoms with Crippen LogP contribution in [-0.2, 0) is 14.0 Å². The number of carbonyl (C=O) groups is 1. The molecule has 31 heavy (non-hydrogen) atoms. The predicted molar refractivity (Wildman–Crippen MR) is 138 cm³/mol. The van der Waals surface area contributed by atoms with E-state index in [1.165, 1.54) is 77.5 Å². The number of hydrogen-bond acceptors (Lipinski definition) is 3. The predicted octanol–water partition coefficient (Wildman–Crippen LogP) is 8.18. The van der Waals surface area contributed by atoms with Gasteiger partial charge in [0, 0.05) is 0 Å². The van der Waals surface area contributed by atoms with Gasteiger partial charge >= 0.3 is 199 Å². The molecule has 0 aromatic rings. The number of methoxy groups -OCH3 is 1. The molecule has 2 rings (SSSR count). The molecule has 2 aliphatic carbocycles. The van der Waals surface area contributed by atoms with Gasteiger partial charge in [-0.25, -0.2) is 0 Å². The van der Waals surface area contributed by atoms with Gasteiger partial charge in [-0.05, 0) is 0 Å². The third-order valence-corrected chi connectivity index (χ3v) is 27.0. The Kier molecular flexibility index (Phi) is 10.9. The van der Waals surface area contributed by atoms with E-state index in [2.05, 4.69) is 40.4 Å². The van der Waals surface area contributed by atoms with E-state index < -0.39 is 26.7 Å². The molecule has 2 saturated carbocycles. The van der Waals surface area contributed by atoms with Gasteiger partial charge in [-0.3, -0.25) is 0 Å². The summed E-state index contributed by atoms with van der Waals surface area (Å²) in [6.45, 7) is 14.0. The molecule has 2 fully saturated rings. The summed E-state index contributed by atoms with van der Waals surface area (Å²) in [6, 6.07) is 0. The number of fused-ring (bicyclic) bond motifs is 1. The number of unbranched alkanes of at least 4 members (excludes halogenated alkanes) is 3. The van der Waals surface area contributed by atoms with Crippen molar-refractivity contribution < 1.29 is 14.0 Å². The molecule has 0 heterocycles. The Morgan fingerprint density at radius 2 is 1.52 bits per heavy atom. The van der Waals surface area contributed by atoms with Crippen LogP contribution in [0.3, 0.4) is 0 Å². The van der Waals surface area contributed by atoms with E-state index in [4.69, 9.17) is 9.16 Å². The summed E-state index contributed by atoms with van der Waals surface area (Å²) in [4.78, 5) is 13.6. The van der Waals surface area contributed by atoms with Crippen molar-refractivity contribution >= 4 is 32.7 Å². The van der Waals surface area contributed by atoms with Gasteiger partial charge in [0.05, 0.1) is 0 Å². The van der Waals surface area contributed by atoms with Crippen LogP contribution >= 0.6 is 0 Å². The monoisotopic (exact) mass is 560 g/mol. The van der Waals surface area contributed by atoms with Gasteiger partial charge in [-0.15, -0.1) is 0 Å². The average molecular weight is 559 g/mol. The molecule has 0 aromatic heterocycles. The summed E-state index contributed by atoms with van der Waals surface area (Å²) in [5, 5.41) is 0. The molecule has 4 atom stereocenters. The van der Waals surface area contributed by atoms with Crippen LogP contribution in [-0.4, -0.2) is 45.4 Å². The summed E-state index contributed by atoms with van der Waals surface area (Å²) in [6.07, 6.45) is 14.1. The maximum absolute atomic E-state index is 13.6. The van der Waals surface area contributed by atoms with Crippen molar-refractivity contribution in [3.05, 3.63) is 0 Å². The van der Waals surface area contributed by atoms with Crippen LogP contribution in [0.5, 0.6) is 0 Å². The van der Waals surface area contributed by atoms with Crippen molar-refractivity contribution in [3.63, 3.8) is 0 Å². The van der Waals surface area contributed by atoms with Crippen LogP contribution in [0.25, 0.3) is 0 Å². The fraction of sp³-hybridized carbons (Fsp3) is 0.962. The summed E-state index contributed by atoms with van der Waals surface area (Å²) in [7, 11) is -0.165. The Balaban J connectivity index is 2.57. The van der Waals surface area contributed by atoms with E-state index in [0.717, 1.165) is 6.42 Å². The van der Waals surface area contributed by atoms with Gasteiger partial charge in [0.1, 0.15) is 0 Å². The Labute approximate surface area is 198 Å². The number of rotatable bonds is 13. The Bertz CT molecular complexity index is 540. The average Bonchev–Trinajstić information content (AvgIpc) is 3.06. The summed E-state index contributed by atoms with van der Waals surface area (Å²) < 4.78 is 17.8. The molecule has 0 aromatic carbocycles. The molecular formula is C26H52O3SiSn. The zero-order chi connectivity index (χ0) is 23.1. The van der Waals surface area contributed by atoms with Crippen LogP contribution in [0.4, 0.5) is 0 Å².